The van der Waals surface area contributed by atoms with Crippen molar-refractivity contribution in [2.45, 2.75) is 39.5 Å². The Bertz CT molecular complexity index is 145. The van der Waals surface area contributed by atoms with E-state index < -0.39 is 0 Å². The van der Waals surface area contributed by atoms with Gasteiger partial charge in [-0.15, -0.1) is 0 Å². The van der Waals surface area contributed by atoms with E-state index in [9.17, 15) is 0 Å². The molecule has 0 amide bonds. The lowest BCUT2D eigenvalue weighted by Crippen LogP contribution is -2.38. The Morgan fingerprint density at radius 2 is 2.21 bits per heavy atom. The molecule has 1 rings (SSSR count). The van der Waals surface area contributed by atoms with Crippen molar-refractivity contribution in [3.8, 4) is 0 Å². The standard InChI is InChI=1S/C12H26N2/c1-11(2)5-3-7-14-8-4-6-12(9-13)10-14/h11-12H,3-10,13H2,1-2H3. The molecule has 1 fully saturated rings. The van der Waals surface area contributed by atoms with Gasteiger partial charge in [-0.1, -0.05) is 13.8 Å². The average molecular weight is 198 g/mol. The van der Waals surface area contributed by atoms with Crippen molar-refractivity contribution >= 4 is 0 Å². The Kier molecular flexibility index (Phi) is 5.49. The number of nitrogens with zero attached hydrogens (tertiary/aromatic N) is 1. The van der Waals surface area contributed by atoms with Crippen molar-refractivity contribution in [2.24, 2.45) is 17.6 Å². The molecular formula is C12H26N2. The molecule has 0 saturated carbocycles. The van der Waals surface area contributed by atoms with Crippen LogP contribution in [0.1, 0.15) is 39.5 Å². The van der Waals surface area contributed by atoms with Crippen LogP contribution in [0.25, 0.3) is 0 Å². The van der Waals surface area contributed by atoms with E-state index in [1.165, 1.54) is 45.3 Å². The molecule has 0 aliphatic carbocycles. The number of nitrogens with two attached hydrogens (primary N) is 1. The summed E-state index contributed by atoms with van der Waals surface area (Å²) in [5, 5.41) is 0. The van der Waals surface area contributed by atoms with Crippen LogP contribution in [0.3, 0.4) is 0 Å². The second-order valence-electron chi connectivity index (χ2n) is 5.08. The molecule has 1 aliphatic rings. The predicted molar refractivity (Wildman–Crippen MR) is 62.3 cm³/mol. The minimum atomic E-state index is 0.766. The number of likely N-dealkylation sites (tertiary alicyclic amines) is 1. The van der Waals surface area contributed by atoms with Gasteiger partial charge in [-0.25, -0.2) is 0 Å². The normalized spacial score (nSPS) is 24.4. The fraction of sp³-hybridized carbons (Fsp3) is 1.00. The van der Waals surface area contributed by atoms with Crippen LogP contribution < -0.4 is 5.73 Å². The Morgan fingerprint density at radius 1 is 1.43 bits per heavy atom. The molecule has 1 heterocycles. The molecule has 2 nitrogen and oxygen atoms in total. The fourth-order valence-corrected chi connectivity index (χ4v) is 2.27. The Balaban J connectivity index is 2.11. The van der Waals surface area contributed by atoms with Crippen LogP contribution in [0.5, 0.6) is 0 Å². The van der Waals surface area contributed by atoms with Crippen molar-refractivity contribution in [1.29, 1.82) is 0 Å². The van der Waals surface area contributed by atoms with Crippen LogP contribution in [0, 0.1) is 11.8 Å². The van der Waals surface area contributed by atoms with Crippen LogP contribution in [0.4, 0.5) is 0 Å². The van der Waals surface area contributed by atoms with Crippen molar-refractivity contribution in [2.75, 3.05) is 26.2 Å². The topological polar surface area (TPSA) is 29.3 Å². The third-order valence-corrected chi connectivity index (χ3v) is 3.19. The highest BCUT2D eigenvalue weighted by molar-refractivity contribution is 4.73. The molecule has 1 atom stereocenters. The second kappa shape index (κ2) is 6.41. The second-order valence-corrected chi connectivity index (χ2v) is 5.08. The lowest BCUT2D eigenvalue weighted by Gasteiger charge is -2.32. The molecule has 0 aromatic rings. The molecule has 2 N–H and O–H groups in total. The summed E-state index contributed by atoms with van der Waals surface area (Å²) in [7, 11) is 0. The van der Waals surface area contributed by atoms with E-state index in [0.29, 0.717) is 0 Å². The van der Waals surface area contributed by atoms with Crippen LogP contribution in [0.15, 0.2) is 0 Å². The molecule has 14 heavy (non-hydrogen) atoms. The van der Waals surface area contributed by atoms with Gasteiger partial charge in [0.15, 0.2) is 0 Å². The van der Waals surface area contributed by atoms with E-state index in [4.69, 9.17) is 5.73 Å². The molecule has 1 aliphatic heterocycles. The molecule has 0 spiro atoms. The maximum absolute atomic E-state index is 5.72. The number of hydrogen-bond donors (Lipinski definition) is 1. The zero-order valence-electron chi connectivity index (χ0n) is 9.84. The van der Waals surface area contributed by atoms with E-state index >= 15 is 0 Å². The summed E-state index contributed by atoms with van der Waals surface area (Å²) in [6, 6.07) is 0. The number of hydrogen-bond acceptors (Lipinski definition) is 2. The van der Waals surface area contributed by atoms with Gasteiger partial charge in [-0.2, -0.15) is 0 Å². The molecule has 0 bridgehead atoms. The fourth-order valence-electron chi connectivity index (χ4n) is 2.27. The molecule has 0 radical (unpaired) electrons. The van der Waals surface area contributed by atoms with Crippen LogP contribution in [-0.2, 0) is 0 Å². The van der Waals surface area contributed by atoms with Gasteiger partial charge in [0.2, 0.25) is 0 Å². The van der Waals surface area contributed by atoms with Crippen molar-refractivity contribution in [3.05, 3.63) is 0 Å². The predicted octanol–water partition coefficient (Wildman–Crippen LogP) is 2.09. The summed E-state index contributed by atoms with van der Waals surface area (Å²) in [5.74, 6) is 1.62. The van der Waals surface area contributed by atoms with Gasteiger partial charge in [0.1, 0.15) is 0 Å². The summed E-state index contributed by atoms with van der Waals surface area (Å²) < 4.78 is 0. The molecule has 0 aromatic carbocycles. The maximum atomic E-state index is 5.72. The van der Waals surface area contributed by atoms with Gasteiger partial charge in [-0.05, 0) is 57.2 Å². The van der Waals surface area contributed by atoms with Gasteiger partial charge in [0, 0.05) is 6.54 Å². The Hall–Kier alpha value is -0.0800. The first-order valence-corrected chi connectivity index (χ1v) is 6.14. The van der Waals surface area contributed by atoms with Crippen molar-refractivity contribution < 1.29 is 0 Å². The smallest absolute Gasteiger partial charge is 0.00217 e. The number of rotatable bonds is 5. The number of piperidine rings is 1. The molecule has 1 unspecified atom stereocenters. The van der Waals surface area contributed by atoms with Gasteiger partial charge < -0.3 is 10.6 Å². The summed E-state index contributed by atoms with van der Waals surface area (Å²) in [6.07, 6.45) is 5.42. The molecule has 2 heteroatoms. The molecule has 0 aromatic heterocycles. The SMILES string of the molecule is CC(C)CCCN1CCCC(CN)C1. The van der Waals surface area contributed by atoms with E-state index in [1.54, 1.807) is 0 Å². The maximum Gasteiger partial charge on any atom is 0.00217 e. The van der Waals surface area contributed by atoms with Crippen LogP contribution in [-0.4, -0.2) is 31.1 Å². The van der Waals surface area contributed by atoms with E-state index in [-0.39, 0.29) is 0 Å². The minimum Gasteiger partial charge on any atom is -0.330 e. The first-order chi connectivity index (χ1) is 6.72. The third kappa shape index (κ3) is 4.43. The third-order valence-electron chi connectivity index (χ3n) is 3.19. The zero-order valence-corrected chi connectivity index (χ0v) is 9.84. The lowest BCUT2D eigenvalue weighted by atomic mass is 9.98. The lowest BCUT2D eigenvalue weighted by molar-refractivity contribution is 0.173. The first kappa shape index (κ1) is 12.0. The van der Waals surface area contributed by atoms with Gasteiger partial charge in [0.05, 0.1) is 0 Å². The van der Waals surface area contributed by atoms with Crippen molar-refractivity contribution in [3.63, 3.8) is 0 Å². The van der Waals surface area contributed by atoms with E-state index in [1.807, 2.05) is 0 Å². The summed E-state index contributed by atoms with van der Waals surface area (Å²) in [4.78, 5) is 2.60. The monoisotopic (exact) mass is 198 g/mol. The Morgan fingerprint density at radius 3 is 2.86 bits per heavy atom. The summed E-state index contributed by atoms with van der Waals surface area (Å²) >= 11 is 0. The Labute approximate surface area is 88.8 Å². The van der Waals surface area contributed by atoms with Gasteiger partial charge in [0.25, 0.3) is 0 Å². The van der Waals surface area contributed by atoms with E-state index in [0.717, 1.165) is 18.4 Å². The van der Waals surface area contributed by atoms with E-state index in [2.05, 4.69) is 18.7 Å². The first-order valence-electron chi connectivity index (χ1n) is 6.14. The van der Waals surface area contributed by atoms with Crippen LogP contribution in [0.2, 0.25) is 0 Å². The quantitative estimate of drug-likeness (QED) is 0.733. The summed E-state index contributed by atoms with van der Waals surface area (Å²) in [5.41, 5.74) is 5.72. The average Bonchev–Trinajstić information content (AvgIpc) is 2.18. The molecular weight excluding hydrogens is 172 g/mol. The molecule has 1 saturated heterocycles. The van der Waals surface area contributed by atoms with Crippen molar-refractivity contribution in [1.82, 2.24) is 4.90 Å². The highest BCUT2D eigenvalue weighted by atomic mass is 15.1. The summed E-state index contributed by atoms with van der Waals surface area (Å²) in [6.45, 7) is 9.32. The largest absolute Gasteiger partial charge is 0.330 e. The molecule has 84 valence electrons. The highest BCUT2D eigenvalue weighted by Crippen LogP contribution is 2.16. The van der Waals surface area contributed by atoms with Crippen LogP contribution >= 0.6 is 0 Å². The van der Waals surface area contributed by atoms with Gasteiger partial charge in [-0.3, -0.25) is 0 Å². The minimum absolute atomic E-state index is 0.766. The zero-order chi connectivity index (χ0) is 10.4. The highest BCUT2D eigenvalue weighted by Gasteiger charge is 2.17. The van der Waals surface area contributed by atoms with Gasteiger partial charge >= 0.3 is 0 Å².